The van der Waals surface area contributed by atoms with Gasteiger partial charge in [-0.3, -0.25) is 24.3 Å². The summed E-state index contributed by atoms with van der Waals surface area (Å²) < 4.78 is 16.3. The highest BCUT2D eigenvalue weighted by Crippen LogP contribution is 2.36. The van der Waals surface area contributed by atoms with Crippen molar-refractivity contribution in [2.75, 3.05) is 50.6 Å². The molecular weight excluding hydrogens is 594 g/mol. The quantitative estimate of drug-likeness (QED) is 0.206. The lowest BCUT2D eigenvalue weighted by molar-refractivity contribution is -0.147. The van der Waals surface area contributed by atoms with E-state index in [0.29, 0.717) is 33.6 Å². The van der Waals surface area contributed by atoms with Crippen LogP contribution in [0, 0.1) is 11.3 Å². The Bertz CT molecular complexity index is 1470. The highest BCUT2D eigenvalue weighted by atomic mass is 79.9. The summed E-state index contributed by atoms with van der Waals surface area (Å²) in [4.78, 5) is 42.6. The number of ether oxygens (including phenoxy) is 3. The fourth-order valence-electron chi connectivity index (χ4n) is 3.86. The number of hydrogen-bond donors (Lipinski definition) is 2. The van der Waals surface area contributed by atoms with Gasteiger partial charge in [-0.1, -0.05) is 28.1 Å². The van der Waals surface area contributed by atoms with E-state index in [-0.39, 0.29) is 32.8 Å². The van der Waals surface area contributed by atoms with Crippen molar-refractivity contribution in [2.24, 2.45) is 0 Å². The van der Waals surface area contributed by atoms with E-state index in [9.17, 15) is 19.6 Å². The molecule has 2 aromatic carbocycles. The highest BCUT2D eigenvalue weighted by Gasteiger charge is 2.17. The third kappa shape index (κ3) is 9.02. The number of methoxy groups -OCH3 is 1. The number of esters is 2. The number of carbonyl (C=O) groups is 3. The number of benzene rings is 2. The summed E-state index contributed by atoms with van der Waals surface area (Å²) in [6, 6.07) is 13.0. The third-order valence-electron chi connectivity index (χ3n) is 5.61. The molecule has 11 nitrogen and oxygen atoms in total. The van der Waals surface area contributed by atoms with Gasteiger partial charge in [0, 0.05) is 40.4 Å². The number of amides is 1. The summed E-state index contributed by atoms with van der Waals surface area (Å²) in [5, 5.41) is 16.4. The van der Waals surface area contributed by atoms with Crippen molar-refractivity contribution >= 4 is 61.7 Å². The number of nitrogens with one attached hydrogen (secondary N) is 2. The monoisotopic (exact) mass is 623 g/mol. The Kier molecular flexibility index (Phi) is 11.6. The van der Waals surface area contributed by atoms with Crippen LogP contribution in [0.3, 0.4) is 0 Å². The number of rotatable bonds is 13. The van der Waals surface area contributed by atoms with Crippen molar-refractivity contribution in [3.8, 4) is 11.8 Å². The maximum absolute atomic E-state index is 12.8. The van der Waals surface area contributed by atoms with Crippen molar-refractivity contribution in [3.63, 3.8) is 0 Å². The lowest BCUT2D eigenvalue weighted by Gasteiger charge is -2.18. The van der Waals surface area contributed by atoms with Crippen molar-refractivity contribution in [1.29, 1.82) is 5.26 Å². The van der Waals surface area contributed by atoms with Crippen LogP contribution in [0.4, 0.5) is 17.1 Å². The summed E-state index contributed by atoms with van der Waals surface area (Å²) in [5.74, 6) is -1.08. The van der Waals surface area contributed by atoms with Crippen molar-refractivity contribution in [2.45, 2.75) is 13.8 Å². The molecule has 0 spiro atoms. The average molecular weight is 624 g/mol. The zero-order valence-corrected chi connectivity index (χ0v) is 24.5. The van der Waals surface area contributed by atoms with Gasteiger partial charge in [0.1, 0.15) is 11.8 Å². The standard InChI is InChI=1S/C29H30BrN5O6/c1-4-40-27(37)17-35(18-28(38)41-5-2)11-7-10-26(36)34-24-13-22-23(14-25(24)39-3)32-16-19(15-31)29(22)33-21-9-6-8-20(30)12-21/h6-10,12-14,16H,4-5,11,17-18H2,1-3H3,(H,32,33)(H,34,36)/b10-7+. The number of aromatic nitrogens is 1. The number of halogens is 1. The van der Waals surface area contributed by atoms with Gasteiger partial charge in [-0.2, -0.15) is 5.26 Å². The predicted molar refractivity (Wildman–Crippen MR) is 158 cm³/mol. The van der Waals surface area contributed by atoms with Gasteiger partial charge in [0.15, 0.2) is 0 Å². The van der Waals surface area contributed by atoms with Crippen LogP contribution < -0.4 is 15.4 Å². The maximum atomic E-state index is 12.8. The Morgan fingerprint density at radius 1 is 1.10 bits per heavy atom. The topological polar surface area (TPSA) is 143 Å². The van der Waals surface area contributed by atoms with E-state index in [2.05, 4.69) is 37.6 Å². The first kappa shape index (κ1) is 31.1. The van der Waals surface area contributed by atoms with Gasteiger partial charge < -0.3 is 24.8 Å². The Morgan fingerprint density at radius 2 is 1.80 bits per heavy atom. The van der Waals surface area contributed by atoms with Crippen LogP contribution in [0.5, 0.6) is 5.75 Å². The number of pyridine rings is 1. The second-order valence-electron chi connectivity index (χ2n) is 8.53. The molecule has 0 aliphatic rings. The Morgan fingerprint density at radius 3 is 2.41 bits per heavy atom. The molecule has 1 aromatic heterocycles. The third-order valence-corrected chi connectivity index (χ3v) is 6.10. The van der Waals surface area contributed by atoms with E-state index >= 15 is 0 Å². The largest absolute Gasteiger partial charge is 0.494 e. The molecule has 3 aromatic rings. The summed E-state index contributed by atoms with van der Waals surface area (Å²) in [5.41, 5.74) is 2.52. The highest BCUT2D eigenvalue weighted by molar-refractivity contribution is 9.10. The molecule has 0 saturated carbocycles. The number of carbonyl (C=O) groups excluding carboxylic acids is 3. The van der Waals surface area contributed by atoms with Crippen LogP contribution in [0.2, 0.25) is 0 Å². The number of nitriles is 1. The van der Waals surface area contributed by atoms with Gasteiger partial charge in [-0.05, 0) is 38.1 Å². The second kappa shape index (κ2) is 15.4. The molecule has 12 heteroatoms. The molecule has 0 aliphatic carbocycles. The van der Waals surface area contributed by atoms with Crippen molar-refractivity contribution < 1.29 is 28.6 Å². The molecule has 0 saturated heterocycles. The lowest BCUT2D eigenvalue weighted by Crippen LogP contribution is -2.36. The minimum atomic E-state index is -0.492. The Balaban J connectivity index is 1.84. The number of hydrogen-bond acceptors (Lipinski definition) is 10. The van der Waals surface area contributed by atoms with Crippen molar-refractivity contribution in [3.05, 3.63) is 64.8 Å². The summed E-state index contributed by atoms with van der Waals surface area (Å²) in [7, 11) is 1.47. The molecule has 1 heterocycles. The Hall–Kier alpha value is -4.47. The van der Waals surface area contributed by atoms with Crippen LogP contribution in [0.15, 0.2) is 59.2 Å². The molecule has 0 unspecified atom stereocenters. The molecule has 0 radical (unpaired) electrons. The molecule has 3 rings (SSSR count). The number of anilines is 3. The number of fused-ring (bicyclic) bond motifs is 1. The first-order valence-corrected chi connectivity index (χ1v) is 13.5. The molecule has 0 bridgehead atoms. The van der Waals surface area contributed by atoms with Crippen LogP contribution in [-0.4, -0.2) is 67.7 Å². The molecule has 0 atom stereocenters. The summed E-state index contributed by atoms with van der Waals surface area (Å²) in [6.45, 7) is 3.65. The molecule has 2 N–H and O–H groups in total. The first-order chi connectivity index (χ1) is 19.8. The van der Waals surface area contributed by atoms with E-state index in [1.807, 2.05) is 24.3 Å². The SMILES string of the molecule is CCOC(=O)CN(C/C=C/C(=O)Nc1cc2c(Nc3cccc(Br)c3)c(C#N)cnc2cc1OC)CC(=O)OCC. The normalized spacial score (nSPS) is 10.8. The predicted octanol–water partition coefficient (Wildman–Crippen LogP) is 4.54. The maximum Gasteiger partial charge on any atom is 0.320 e. The van der Waals surface area contributed by atoms with Crippen LogP contribution in [0.1, 0.15) is 19.4 Å². The van der Waals surface area contributed by atoms with E-state index in [1.165, 1.54) is 30.4 Å². The van der Waals surface area contributed by atoms with Crippen LogP contribution in [0.25, 0.3) is 10.9 Å². The average Bonchev–Trinajstić information content (AvgIpc) is 2.93. The zero-order chi connectivity index (χ0) is 29.8. The van der Waals surface area contributed by atoms with Gasteiger partial charge in [0.05, 0.1) is 55.9 Å². The molecular formula is C29H30BrN5O6. The van der Waals surface area contributed by atoms with Gasteiger partial charge in [0.2, 0.25) is 5.91 Å². The van der Waals surface area contributed by atoms with E-state index in [1.54, 1.807) is 26.0 Å². The fourth-order valence-corrected chi connectivity index (χ4v) is 4.26. The van der Waals surface area contributed by atoms with Gasteiger partial charge in [-0.25, -0.2) is 0 Å². The first-order valence-electron chi connectivity index (χ1n) is 12.7. The van der Waals surface area contributed by atoms with Crippen LogP contribution >= 0.6 is 15.9 Å². The molecule has 41 heavy (non-hydrogen) atoms. The summed E-state index contributed by atoms with van der Waals surface area (Å²) >= 11 is 3.45. The fraction of sp³-hybridized carbons (Fsp3) is 0.276. The van der Waals surface area contributed by atoms with Gasteiger partial charge in [0.25, 0.3) is 0 Å². The summed E-state index contributed by atoms with van der Waals surface area (Å²) in [6.07, 6.45) is 4.29. The smallest absolute Gasteiger partial charge is 0.320 e. The number of nitrogens with zero attached hydrogens (tertiary/aromatic N) is 3. The van der Waals surface area contributed by atoms with E-state index < -0.39 is 17.8 Å². The molecule has 0 aliphatic heterocycles. The molecule has 1 amide bonds. The van der Waals surface area contributed by atoms with Crippen molar-refractivity contribution in [1.82, 2.24) is 9.88 Å². The van der Waals surface area contributed by atoms with Gasteiger partial charge >= 0.3 is 11.9 Å². The van der Waals surface area contributed by atoms with Crippen LogP contribution in [-0.2, 0) is 23.9 Å². The van der Waals surface area contributed by atoms with E-state index in [4.69, 9.17) is 14.2 Å². The second-order valence-corrected chi connectivity index (χ2v) is 9.45. The minimum absolute atomic E-state index is 0.121. The minimum Gasteiger partial charge on any atom is -0.494 e. The Labute approximate surface area is 246 Å². The van der Waals surface area contributed by atoms with Gasteiger partial charge in [-0.15, -0.1) is 0 Å². The van der Waals surface area contributed by atoms with E-state index in [0.717, 1.165) is 10.2 Å². The molecule has 0 fully saturated rings. The lowest BCUT2D eigenvalue weighted by atomic mass is 10.1. The zero-order valence-electron chi connectivity index (χ0n) is 22.9. The molecule has 214 valence electrons.